The van der Waals surface area contributed by atoms with Gasteiger partial charge in [-0.15, -0.1) is 0 Å². The molecule has 0 bridgehead atoms. The van der Waals surface area contributed by atoms with Crippen molar-refractivity contribution in [2.75, 3.05) is 6.61 Å². The molecule has 1 heterocycles. The SMILES string of the molecule is CCCCOc1ccnc(O)c1. The van der Waals surface area contributed by atoms with E-state index >= 15 is 0 Å². The van der Waals surface area contributed by atoms with E-state index in [0.717, 1.165) is 12.8 Å². The van der Waals surface area contributed by atoms with Crippen LogP contribution in [0.25, 0.3) is 0 Å². The van der Waals surface area contributed by atoms with Gasteiger partial charge in [-0.1, -0.05) is 13.3 Å². The van der Waals surface area contributed by atoms with Crippen molar-refractivity contribution < 1.29 is 9.84 Å². The van der Waals surface area contributed by atoms with Gasteiger partial charge in [0.25, 0.3) is 0 Å². The van der Waals surface area contributed by atoms with E-state index in [1.54, 1.807) is 6.07 Å². The summed E-state index contributed by atoms with van der Waals surface area (Å²) in [6.45, 7) is 2.80. The molecular formula is C9H13NO2. The maximum atomic E-state index is 8.98. The van der Waals surface area contributed by atoms with Crippen LogP contribution in [0.5, 0.6) is 11.6 Å². The van der Waals surface area contributed by atoms with Gasteiger partial charge in [-0.3, -0.25) is 0 Å². The van der Waals surface area contributed by atoms with Crippen molar-refractivity contribution in [3.05, 3.63) is 18.3 Å². The summed E-state index contributed by atoms with van der Waals surface area (Å²) in [5.74, 6) is 0.681. The van der Waals surface area contributed by atoms with E-state index in [0.29, 0.717) is 12.4 Å². The number of nitrogens with zero attached hydrogens (tertiary/aromatic N) is 1. The van der Waals surface area contributed by atoms with Crippen LogP contribution >= 0.6 is 0 Å². The highest BCUT2D eigenvalue weighted by Gasteiger charge is 1.94. The third-order valence-corrected chi connectivity index (χ3v) is 1.48. The highest BCUT2D eigenvalue weighted by atomic mass is 16.5. The van der Waals surface area contributed by atoms with Crippen LogP contribution in [0.1, 0.15) is 19.8 Å². The largest absolute Gasteiger partial charge is 0.493 e. The second kappa shape index (κ2) is 4.59. The van der Waals surface area contributed by atoms with Crippen LogP contribution in [0.15, 0.2) is 18.3 Å². The molecule has 1 aromatic rings. The zero-order valence-corrected chi connectivity index (χ0v) is 7.16. The highest BCUT2D eigenvalue weighted by molar-refractivity contribution is 5.24. The maximum Gasteiger partial charge on any atom is 0.214 e. The Morgan fingerprint density at radius 1 is 1.58 bits per heavy atom. The summed E-state index contributed by atoms with van der Waals surface area (Å²) in [6.07, 6.45) is 3.66. The van der Waals surface area contributed by atoms with Gasteiger partial charge in [-0.05, 0) is 12.5 Å². The molecule has 0 spiro atoms. The quantitative estimate of drug-likeness (QED) is 0.697. The first-order valence-electron chi connectivity index (χ1n) is 4.10. The fraction of sp³-hybridized carbons (Fsp3) is 0.444. The van der Waals surface area contributed by atoms with Crippen molar-refractivity contribution in [3.8, 4) is 11.6 Å². The molecule has 0 amide bonds. The minimum atomic E-state index is 0.00370. The molecule has 12 heavy (non-hydrogen) atoms. The average molecular weight is 167 g/mol. The number of aromatic nitrogens is 1. The van der Waals surface area contributed by atoms with E-state index in [1.165, 1.54) is 12.3 Å². The van der Waals surface area contributed by atoms with E-state index in [1.807, 2.05) is 0 Å². The minimum Gasteiger partial charge on any atom is -0.493 e. The predicted molar refractivity (Wildman–Crippen MR) is 46.3 cm³/mol. The molecule has 0 radical (unpaired) electrons. The lowest BCUT2D eigenvalue weighted by molar-refractivity contribution is 0.306. The monoisotopic (exact) mass is 167 g/mol. The summed E-state index contributed by atoms with van der Waals surface area (Å²) in [5.41, 5.74) is 0. The Morgan fingerprint density at radius 2 is 2.42 bits per heavy atom. The van der Waals surface area contributed by atoms with Crippen LogP contribution in [-0.4, -0.2) is 16.7 Å². The third-order valence-electron chi connectivity index (χ3n) is 1.48. The minimum absolute atomic E-state index is 0.00370. The molecule has 66 valence electrons. The third kappa shape index (κ3) is 2.78. The van der Waals surface area contributed by atoms with Gasteiger partial charge in [0.05, 0.1) is 6.61 Å². The molecule has 3 heteroatoms. The molecule has 1 aromatic heterocycles. The Kier molecular flexibility index (Phi) is 3.38. The normalized spacial score (nSPS) is 9.75. The maximum absolute atomic E-state index is 8.98. The van der Waals surface area contributed by atoms with E-state index in [2.05, 4.69) is 11.9 Å². The Balaban J connectivity index is 2.41. The first-order chi connectivity index (χ1) is 5.83. The molecule has 0 unspecified atom stereocenters. The smallest absolute Gasteiger partial charge is 0.214 e. The average Bonchev–Trinajstić information content (AvgIpc) is 2.05. The first kappa shape index (κ1) is 8.84. The number of ether oxygens (including phenoxy) is 1. The van der Waals surface area contributed by atoms with Crippen molar-refractivity contribution in [1.82, 2.24) is 4.98 Å². The molecule has 0 aliphatic heterocycles. The molecule has 0 aromatic carbocycles. The topological polar surface area (TPSA) is 42.4 Å². The van der Waals surface area contributed by atoms with Gasteiger partial charge in [0.15, 0.2) is 0 Å². The number of rotatable bonds is 4. The number of pyridine rings is 1. The second-order valence-electron chi connectivity index (χ2n) is 2.55. The van der Waals surface area contributed by atoms with Crippen molar-refractivity contribution >= 4 is 0 Å². The summed E-state index contributed by atoms with van der Waals surface area (Å²) in [6, 6.07) is 3.24. The van der Waals surface area contributed by atoms with Crippen molar-refractivity contribution in [1.29, 1.82) is 0 Å². The number of hydrogen-bond acceptors (Lipinski definition) is 3. The Morgan fingerprint density at radius 3 is 3.08 bits per heavy atom. The van der Waals surface area contributed by atoms with E-state index in [-0.39, 0.29) is 5.88 Å². The van der Waals surface area contributed by atoms with Crippen LogP contribution in [-0.2, 0) is 0 Å². The van der Waals surface area contributed by atoms with Gasteiger partial charge in [0.2, 0.25) is 5.88 Å². The number of aromatic hydroxyl groups is 1. The molecule has 0 aliphatic carbocycles. The lowest BCUT2D eigenvalue weighted by atomic mass is 10.3. The van der Waals surface area contributed by atoms with Crippen LogP contribution in [0.2, 0.25) is 0 Å². The van der Waals surface area contributed by atoms with E-state index in [9.17, 15) is 0 Å². The number of unbranched alkanes of at least 4 members (excludes halogenated alkanes) is 1. The van der Waals surface area contributed by atoms with Crippen LogP contribution < -0.4 is 4.74 Å². The summed E-state index contributed by atoms with van der Waals surface area (Å²) in [5, 5.41) is 8.98. The molecule has 3 nitrogen and oxygen atoms in total. The molecule has 0 saturated heterocycles. The van der Waals surface area contributed by atoms with Crippen molar-refractivity contribution in [2.24, 2.45) is 0 Å². The zero-order valence-electron chi connectivity index (χ0n) is 7.16. The molecule has 1 rings (SSSR count). The Hall–Kier alpha value is -1.25. The summed E-state index contributed by atoms with van der Waals surface area (Å²) in [7, 11) is 0. The van der Waals surface area contributed by atoms with Crippen LogP contribution in [0.4, 0.5) is 0 Å². The van der Waals surface area contributed by atoms with Gasteiger partial charge in [-0.2, -0.15) is 0 Å². The standard InChI is InChI=1S/C9H13NO2/c1-2-3-6-12-8-4-5-10-9(11)7-8/h4-5,7H,2-3,6H2,1H3,(H,10,11). The van der Waals surface area contributed by atoms with E-state index < -0.39 is 0 Å². The molecule has 1 N–H and O–H groups in total. The predicted octanol–water partition coefficient (Wildman–Crippen LogP) is 1.97. The van der Waals surface area contributed by atoms with E-state index in [4.69, 9.17) is 9.84 Å². The fourth-order valence-electron chi connectivity index (χ4n) is 0.824. The van der Waals surface area contributed by atoms with Crippen LogP contribution in [0, 0.1) is 0 Å². The molecule has 0 fully saturated rings. The molecule has 0 atom stereocenters. The summed E-state index contributed by atoms with van der Waals surface area (Å²) < 4.78 is 5.33. The van der Waals surface area contributed by atoms with Gasteiger partial charge in [-0.25, -0.2) is 4.98 Å². The summed E-state index contributed by atoms with van der Waals surface area (Å²) >= 11 is 0. The van der Waals surface area contributed by atoms with Gasteiger partial charge >= 0.3 is 0 Å². The lowest BCUT2D eigenvalue weighted by Crippen LogP contribution is -1.96. The summed E-state index contributed by atoms with van der Waals surface area (Å²) in [4.78, 5) is 3.64. The van der Waals surface area contributed by atoms with Gasteiger partial charge < -0.3 is 9.84 Å². The number of hydrogen-bond donors (Lipinski definition) is 1. The Bertz CT molecular complexity index is 238. The van der Waals surface area contributed by atoms with Crippen molar-refractivity contribution in [3.63, 3.8) is 0 Å². The van der Waals surface area contributed by atoms with Crippen LogP contribution in [0.3, 0.4) is 0 Å². The molecular weight excluding hydrogens is 154 g/mol. The lowest BCUT2D eigenvalue weighted by Gasteiger charge is -2.03. The first-order valence-corrected chi connectivity index (χ1v) is 4.10. The zero-order chi connectivity index (χ0) is 8.81. The molecule has 0 saturated carbocycles. The van der Waals surface area contributed by atoms with Gasteiger partial charge in [0, 0.05) is 12.3 Å². The Labute approximate surface area is 72.0 Å². The van der Waals surface area contributed by atoms with Crippen molar-refractivity contribution in [2.45, 2.75) is 19.8 Å². The highest BCUT2D eigenvalue weighted by Crippen LogP contribution is 2.14. The fourth-order valence-corrected chi connectivity index (χ4v) is 0.824. The second-order valence-corrected chi connectivity index (χ2v) is 2.55. The van der Waals surface area contributed by atoms with Gasteiger partial charge in [0.1, 0.15) is 5.75 Å². The molecule has 0 aliphatic rings.